The van der Waals surface area contributed by atoms with Crippen LogP contribution in [0.3, 0.4) is 0 Å². The van der Waals surface area contributed by atoms with E-state index in [0.29, 0.717) is 11.3 Å². The summed E-state index contributed by atoms with van der Waals surface area (Å²) in [5, 5.41) is 7.17. The van der Waals surface area contributed by atoms with E-state index in [1.165, 1.54) is 17.3 Å². The molecule has 26 heavy (non-hydrogen) atoms. The van der Waals surface area contributed by atoms with Crippen LogP contribution in [-0.4, -0.2) is 26.8 Å². The Balaban J connectivity index is 1.86. The Morgan fingerprint density at radius 3 is 2.58 bits per heavy atom. The lowest BCUT2D eigenvalue weighted by atomic mass is 10.1. The van der Waals surface area contributed by atoms with Gasteiger partial charge in [-0.3, -0.25) is 4.79 Å². The maximum Gasteiger partial charge on any atom is 0.279 e. The summed E-state index contributed by atoms with van der Waals surface area (Å²) in [4.78, 5) is 16.3. The first-order valence-corrected chi connectivity index (χ1v) is 8.27. The van der Waals surface area contributed by atoms with E-state index in [1.807, 2.05) is 45.0 Å². The number of hydrogen-bond donors (Lipinski definition) is 2. The first-order chi connectivity index (χ1) is 12.4. The summed E-state index contributed by atoms with van der Waals surface area (Å²) in [5.41, 5.74) is 9.53. The number of carbonyl (C=O) groups is 1. The van der Waals surface area contributed by atoms with E-state index in [0.717, 1.165) is 22.7 Å². The normalized spacial score (nSPS) is 10.8. The van der Waals surface area contributed by atoms with Crippen LogP contribution in [0.5, 0.6) is 5.75 Å². The molecule has 0 aliphatic rings. The minimum atomic E-state index is -0.294. The smallest absolute Gasteiger partial charge is 0.279 e. The number of nitrogens with one attached hydrogen (secondary N) is 1. The van der Waals surface area contributed by atoms with E-state index in [2.05, 4.69) is 15.4 Å². The van der Waals surface area contributed by atoms with E-state index in [1.54, 1.807) is 12.1 Å². The molecule has 7 nitrogen and oxygen atoms in total. The minimum Gasteiger partial charge on any atom is -0.491 e. The van der Waals surface area contributed by atoms with Crippen LogP contribution in [0.1, 0.15) is 29.8 Å². The van der Waals surface area contributed by atoms with Crippen molar-refractivity contribution in [2.75, 3.05) is 11.1 Å². The molecule has 0 amide bonds. The second kappa shape index (κ2) is 7.26. The van der Waals surface area contributed by atoms with Crippen molar-refractivity contribution in [2.24, 2.45) is 0 Å². The molecular formula is C19H21N5O2. The topological polar surface area (TPSA) is 95.1 Å². The number of rotatable bonds is 5. The highest BCUT2D eigenvalue weighted by molar-refractivity contribution is 5.97. The molecular weight excluding hydrogens is 330 g/mol. The zero-order chi connectivity index (χ0) is 18.7. The Kier molecular flexibility index (Phi) is 4.88. The fourth-order valence-corrected chi connectivity index (χ4v) is 2.48. The van der Waals surface area contributed by atoms with Crippen molar-refractivity contribution in [1.29, 1.82) is 0 Å². The number of ether oxygens (including phenoxy) is 1. The molecule has 0 spiro atoms. The first-order valence-electron chi connectivity index (χ1n) is 8.27. The largest absolute Gasteiger partial charge is 0.491 e. The van der Waals surface area contributed by atoms with Gasteiger partial charge in [-0.25, -0.2) is 4.98 Å². The highest BCUT2D eigenvalue weighted by Crippen LogP contribution is 2.28. The Labute approximate surface area is 151 Å². The average molecular weight is 351 g/mol. The van der Waals surface area contributed by atoms with Crippen LogP contribution in [0.25, 0.3) is 0 Å². The molecule has 3 N–H and O–H groups in total. The molecule has 2 aromatic carbocycles. The van der Waals surface area contributed by atoms with Gasteiger partial charge < -0.3 is 15.8 Å². The maximum atomic E-state index is 12.5. The van der Waals surface area contributed by atoms with Gasteiger partial charge in [-0.2, -0.15) is 9.78 Å². The Bertz CT molecular complexity index is 902. The number of hydrogen-bond acceptors (Lipinski definition) is 6. The van der Waals surface area contributed by atoms with Crippen molar-refractivity contribution in [2.45, 2.75) is 26.9 Å². The number of anilines is 3. The van der Waals surface area contributed by atoms with Crippen LogP contribution >= 0.6 is 0 Å². The van der Waals surface area contributed by atoms with Gasteiger partial charge in [0.15, 0.2) is 0 Å². The third-order valence-electron chi connectivity index (χ3n) is 3.83. The fraction of sp³-hybridized carbons (Fsp3) is 0.211. The van der Waals surface area contributed by atoms with Gasteiger partial charge in [-0.15, -0.1) is 0 Å². The van der Waals surface area contributed by atoms with Crippen molar-refractivity contribution < 1.29 is 9.53 Å². The summed E-state index contributed by atoms with van der Waals surface area (Å²) < 4.78 is 6.82. The molecule has 1 aromatic heterocycles. The SMILES string of the molecule is Cc1c(N)cc(C(=O)n2cncn2)cc1Nc1ccc(OC(C)C)cc1. The molecule has 0 saturated heterocycles. The third-order valence-corrected chi connectivity index (χ3v) is 3.83. The number of benzene rings is 2. The van der Waals surface area contributed by atoms with Crippen molar-refractivity contribution >= 4 is 23.0 Å². The van der Waals surface area contributed by atoms with Crippen LogP contribution in [0.15, 0.2) is 49.1 Å². The standard InChI is InChI=1S/C19H21N5O2/c1-12(2)26-16-6-4-15(5-7-16)23-18-9-14(8-17(20)13(18)3)19(25)24-11-21-10-22-24/h4-12,23H,20H2,1-3H3. The number of nitrogens with zero attached hydrogens (tertiary/aromatic N) is 3. The number of aromatic nitrogens is 3. The van der Waals surface area contributed by atoms with Gasteiger partial charge in [0.05, 0.1) is 6.10 Å². The lowest BCUT2D eigenvalue weighted by Crippen LogP contribution is -2.13. The number of nitrogen functional groups attached to an aromatic ring is 1. The predicted octanol–water partition coefficient (Wildman–Crippen LogP) is 3.39. The summed E-state index contributed by atoms with van der Waals surface area (Å²) in [7, 11) is 0. The number of nitrogens with two attached hydrogens (primary N) is 1. The Morgan fingerprint density at radius 2 is 1.96 bits per heavy atom. The highest BCUT2D eigenvalue weighted by atomic mass is 16.5. The summed E-state index contributed by atoms with van der Waals surface area (Å²) in [6.07, 6.45) is 2.80. The minimum absolute atomic E-state index is 0.121. The first kappa shape index (κ1) is 17.5. The monoisotopic (exact) mass is 351 g/mol. The average Bonchev–Trinajstić information content (AvgIpc) is 3.14. The van der Waals surface area contributed by atoms with Gasteiger partial charge in [0.1, 0.15) is 18.4 Å². The van der Waals surface area contributed by atoms with Crippen molar-refractivity contribution in [3.63, 3.8) is 0 Å². The van der Waals surface area contributed by atoms with Crippen LogP contribution in [0.4, 0.5) is 17.1 Å². The lowest BCUT2D eigenvalue weighted by Gasteiger charge is -2.15. The molecule has 0 aliphatic carbocycles. The molecule has 134 valence electrons. The van der Waals surface area contributed by atoms with Gasteiger partial charge in [-0.1, -0.05) is 0 Å². The van der Waals surface area contributed by atoms with E-state index in [9.17, 15) is 4.79 Å². The quantitative estimate of drug-likeness (QED) is 0.684. The molecule has 1 heterocycles. The van der Waals surface area contributed by atoms with Crippen molar-refractivity contribution in [1.82, 2.24) is 14.8 Å². The van der Waals surface area contributed by atoms with Crippen LogP contribution in [0, 0.1) is 6.92 Å². The van der Waals surface area contributed by atoms with Gasteiger partial charge in [0.2, 0.25) is 0 Å². The molecule has 7 heteroatoms. The van der Waals surface area contributed by atoms with Crippen molar-refractivity contribution in [3.05, 3.63) is 60.2 Å². The maximum absolute atomic E-state index is 12.5. The summed E-state index contributed by atoms with van der Waals surface area (Å²) >= 11 is 0. The molecule has 0 aliphatic heterocycles. The predicted molar refractivity (Wildman–Crippen MR) is 101 cm³/mol. The summed E-state index contributed by atoms with van der Waals surface area (Å²) in [6.45, 7) is 5.86. The van der Waals surface area contributed by atoms with E-state index in [-0.39, 0.29) is 12.0 Å². The molecule has 3 rings (SSSR count). The highest BCUT2D eigenvalue weighted by Gasteiger charge is 2.14. The van der Waals surface area contributed by atoms with Gasteiger partial charge in [-0.05, 0) is 62.7 Å². The van der Waals surface area contributed by atoms with Crippen LogP contribution in [-0.2, 0) is 0 Å². The second-order valence-electron chi connectivity index (χ2n) is 6.20. The number of carbonyl (C=O) groups excluding carboxylic acids is 1. The zero-order valence-electron chi connectivity index (χ0n) is 14.9. The summed E-state index contributed by atoms with van der Waals surface area (Å²) in [5.74, 6) is 0.509. The molecule has 0 bridgehead atoms. The molecule has 0 fully saturated rings. The molecule has 0 atom stereocenters. The van der Waals surface area contributed by atoms with Crippen LogP contribution in [0.2, 0.25) is 0 Å². The van der Waals surface area contributed by atoms with Gasteiger partial charge in [0, 0.05) is 22.6 Å². The lowest BCUT2D eigenvalue weighted by molar-refractivity contribution is 0.0945. The molecule has 0 unspecified atom stereocenters. The molecule has 3 aromatic rings. The Morgan fingerprint density at radius 1 is 1.23 bits per heavy atom. The van der Waals surface area contributed by atoms with Gasteiger partial charge in [0.25, 0.3) is 5.91 Å². The molecule has 0 saturated carbocycles. The van der Waals surface area contributed by atoms with Crippen LogP contribution < -0.4 is 15.8 Å². The third kappa shape index (κ3) is 3.83. The molecule has 0 radical (unpaired) electrons. The van der Waals surface area contributed by atoms with Crippen molar-refractivity contribution in [3.8, 4) is 5.75 Å². The second-order valence-corrected chi connectivity index (χ2v) is 6.20. The van der Waals surface area contributed by atoms with Gasteiger partial charge >= 0.3 is 0 Å². The van der Waals surface area contributed by atoms with E-state index >= 15 is 0 Å². The fourth-order valence-electron chi connectivity index (χ4n) is 2.48. The Hall–Kier alpha value is -3.35. The zero-order valence-corrected chi connectivity index (χ0v) is 14.9. The van der Waals surface area contributed by atoms with E-state index < -0.39 is 0 Å². The summed E-state index contributed by atoms with van der Waals surface area (Å²) in [6, 6.07) is 11.0. The van der Waals surface area contributed by atoms with E-state index in [4.69, 9.17) is 10.5 Å².